The SMILES string of the molecule is CCCNC(=O)[C@H](C)n1c(=O)n(Cc2ccccc2)c(=O)c2ccc(Cl)cc21. The number of rotatable bonds is 6. The average Bonchev–Trinajstić information content (AvgIpc) is 2.69. The van der Waals surface area contributed by atoms with E-state index in [1.54, 1.807) is 25.1 Å². The Hall–Kier alpha value is -2.86. The number of benzene rings is 2. The van der Waals surface area contributed by atoms with E-state index in [4.69, 9.17) is 11.6 Å². The number of amides is 1. The van der Waals surface area contributed by atoms with E-state index in [9.17, 15) is 14.4 Å². The molecule has 0 spiro atoms. The Balaban J connectivity index is 2.23. The van der Waals surface area contributed by atoms with Crippen LogP contribution in [0.4, 0.5) is 0 Å². The second-order valence-corrected chi connectivity index (χ2v) is 7.09. The topological polar surface area (TPSA) is 73.1 Å². The molecule has 28 heavy (non-hydrogen) atoms. The van der Waals surface area contributed by atoms with Crippen LogP contribution < -0.4 is 16.6 Å². The van der Waals surface area contributed by atoms with Gasteiger partial charge in [0, 0.05) is 11.6 Å². The smallest absolute Gasteiger partial charge is 0.332 e. The first-order valence-electron chi connectivity index (χ1n) is 9.20. The van der Waals surface area contributed by atoms with Gasteiger partial charge in [-0.3, -0.25) is 18.7 Å². The Bertz CT molecular complexity index is 1120. The lowest BCUT2D eigenvalue weighted by atomic mass is 10.2. The summed E-state index contributed by atoms with van der Waals surface area (Å²) in [6, 6.07) is 13.2. The summed E-state index contributed by atoms with van der Waals surface area (Å²) >= 11 is 6.11. The van der Waals surface area contributed by atoms with Crippen molar-refractivity contribution < 1.29 is 4.79 Å². The molecule has 6 nitrogen and oxygen atoms in total. The fourth-order valence-corrected chi connectivity index (χ4v) is 3.31. The molecular formula is C21H22ClN3O3. The van der Waals surface area contributed by atoms with Crippen LogP contribution in [0.15, 0.2) is 58.1 Å². The predicted octanol–water partition coefficient (Wildman–Crippen LogP) is 2.95. The van der Waals surface area contributed by atoms with Crippen molar-refractivity contribution in [2.45, 2.75) is 32.9 Å². The molecule has 0 aliphatic heterocycles. The lowest BCUT2D eigenvalue weighted by molar-refractivity contribution is -0.123. The zero-order valence-corrected chi connectivity index (χ0v) is 16.6. The highest BCUT2D eigenvalue weighted by Gasteiger charge is 2.22. The molecule has 1 heterocycles. The molecule has 0 bridgehead atoms. The molecule has 0 aliphatic rings. The highest BCUT2D eigenvalue weighted by Crippen LogP contribution is 2.19. The summed E-state index contributed by atoms with van der Waals surface area (Å²) in [4.78, 5) is 38.8. The lowest BCUT2D eigenvalue weighted by Gasteiger charge is -2.19. The van der Waals surface area contributed by atoms with Gasteiger partial charge in [-0.25, -0.2) is 4.79 Å². The van der Waals surface area contributed by atoms with Crippen LogP contribution in [-0.4, -0.2) is 21.6 Å². The van der Waals surface area contributed by atoms with Crippen LogP contribution in [-0.2, 0) is 11.3 Å². The number of hydrogen-bond donors (Lipinski definition) is 1. The zero-order chi connectivity index (χ0) is 20.3. The zero-order valence-electron chi connectivity index (χ0n) is 15.8. The van der Waals surface area contributed by atoms with Crippen LogP contribution in [0.25, 0.3) is 10.9 Å². The van der Waals surface area contributed by atoms with E-state index >= 15 is 0 Å². The van der Waals surface area contributed by atoms with Gasteiger partial charge < -0.3 is 5.32 Å². The minimum atomic E-state index is -0.789. The second kappa shape index (κ2) is 8.44. The van der Waals surface area contributed by atoms with E-state index < -0.39 is 17.3 Å². The number of carbonyl (C=O) groups is 1. The molecule has 2 aromatic carbocycles. The molecule has 0 saturated heterocycles. The van der Waals surface area contributed by atoms with Crippen LogP contribution in [0.5, 0.6) is 0 Å². The quantitative estimate of drug-likeness (QED) is 0.692. The van der Waals surface area contributed by atoms with Crippen LogP contribution in [0.1, 0.15) is 31.9 Å². The summed E-state index contributed by atoms with van der Waals surface area (Å²) in [5.41, 5.74) is 0.233. The summed E-state index contributed by atoms with van der Waals surface area (Å²) in [5.74, 6) is -0.282. The Morgan fingerprint density at radius 2 is 1.86 bits per heavy atom. The molecule has 1 atom stereocenters. The molecule has 0 saturated carbocycles. The number of nitrogens with zero attached hydrogens (tertiary/aromatic N) is 2. The third-order valence-electron chi connectivity index (χ3n) is 4.63. The first-order valence-corrected chi connectivity index (χ1v) is 9.58. The average molecular weight is 400 g/mol. The van der Waals surface area contributed by atoms with E-state index in [1.807, 2.05) is 37.3 Å². The number of hydrogen-bond acceptors (Lipinski definition) is 3. The minimum absolute atomic E-state index is 0.125. The van der Waals surface area contributed by atoms with Crippen molar-refractivity contribution in [3.05, 3.63) is 80.0 Å². The minimum Gasteiger partial charge on any atom is -0.354 e. The summed E-state index contributed by atoms with van der Waals surface area (Å²) in [6.45, 7) is 4.23. The number of aromatic nitrogens is 2. The van der Waals surface area contributed by atoms with Gasteiger partial charge in [-0.15, -0.1) is 0 Å². The fourth-order valence-electron chi connectivity index (χ4n) is 3.14. The van der Waals surface area contributed by atoms with Crippen LogP contribution in [0.2, 0.25) is 5.02 Å². The van der Waals surface area contributed by atoms with E-state index in [1.165, 1.54) is 4.57 Å². The van der Waals surface area contributed by atoms with Gasteiger partial charge in [0.05, 0.1) is 17.4 Å². The molecule has 0 aliphatic carbocycles. The first kappa shape index (κ1) is 19.9. The Morgan fingerprint density at radius 1 is 1.14 bits per heavy atom. The predicted molar refractivity (Wildman–Crippen MR) is 111 cm³/mol. The lowest BCUT2D eigenvalue weighted by Crippen LogP contribution is -2.44. The summed E-state index contributed by atoms with van der Waals surface area (Å²) < 4.78 is 2.51. The highest BCUT2D eigenvalue weighted by atomic mass is 35.5. The standard InChI is InChI=1S/C21H22ClN3O3/c1-3-11-23-19(26)14(2)25-18-12-16(22)9-10-17(18)20(27)24(21(25)28)13-15-7-5-4-6-8-15/h4-10,12,14H,3,11,13H2,1-2H3,(H,23,26)/t14-/m0/s1. The van der Waals surface area contributed by atoms with Crippen LogP contribution in [0.3, 0.4) is 0 Å². The van der Waals surface area contributed by atoms with Crippen molar-refractivity contribution in [3.63, 3.8) is 0 Å². The molecule has 0 fully saturated rings. The number of halogens is 1. The van der Waals surface area contributed by atoms with Gasteiger partial charge >= 0.3 is 5.69 Å². The van der Waals surface area contributed by atoms with Gasteiger partial charge in [0.1, 0.15) is 6.04 Å². The van der Waals surface area contributed by atoms with Gasteiger partial charge in [-0.05, 0) is 37.1 Å². The Kier molecular flexibility index (Phi) is 5.99. The molecule has 1 amide bonds. The monoisotopic (exact) mass is 399 g/mol. The van der Waals surface area contributed by atoms with Gasteiger partial charge in [-0.1, -0.05) is 48.9 Å². The third-order valence-corrected chi connectivity index (χ3v) is 4.87. The van der Waals surface area contributed by atoms with Crippen molar-refractivity contribution in [2.24, 2.45) is 0 Å². The molecule has 146 valence electrons. The molecule has 7 heteroatoms. The number of nitrogens with one attached hydrogen (secondary N) is 1. The normalized spacial score (nSPS) is 12.1. The largest absolute Gasteiger partial charge is 0.354 e. The summed E-state index contributed by atoms with van der Waals surface area (Å²) in [5, 5.41) is 3.54. The molecule has 3 rings (SSSR count). The molecule has 1 N–H and O–H groups in total. The molecule has 1 aromatic heterocycles. The Morgan fingerprint density at radius 3 is 2.54 bits per heavy atom. The van der Waals surface area contributed by atoms with Crippen molar-refractivity contribution >= 4 is 28.4 Å². The first-order chi connectivity index (χ1) is 13.4. The van der Waals surface area contributed by atoms with E-state index in [2.05, 4.69) is 5.32 Å². The van der Waals surface area contributed by atoms with Crippen molar-refractivity contribution in [1.82, 2.24) is 14.5 Å². The maximum absolute atomic E-state index is 13.2. The maximum atomic E-state index is 13.2. The van der Waals surface area contributed by atoms with Crippen molar-refractivity contribution in [1.29, 1.82) is 0 Å². The van der Waals surface area contributed by atoms with Gasteiger partial charge in [0.2, 0.25) is 5.91 Å². The van der Waals surface area contributed by atoms with Gasteiger partial charge in [-0.2, -0.15) is 0 Å². The Labute approximate surface area is 167 Å². The second-order valence-electron chi connectivity index (χ2n) is 6.66. The van der Waals surface area contributed by atoms with E-state index in [-0.39, 0.29) is 12.5 Å². The van der Waals surface area contributed by atoms with Crippen LogP contribution >= 0.6 is 11.6 Å². The van der Waals surface area contributed by atoms with Crippen molar-refractivity contribution in [2.75, 3.05) is 6.54 Å². The van der Waals surface area contributed by atoms with Crippen molar-refractivity contribution in [3.8, 4) is 0 Å². The van der Waals surface area contributed by atoms with E-state index in [0.29, 0.717) is 22.5 Å². The number of carbonyl (C=O) groups excluding carboxylic acids is 1. The summed E-state index contributed by atoms with van der Waals surface area (Å²) in [7, 11) is 0. The highest BCUT2D eigenvalue weighted by molar-refractivity contribution is 6.31. The molecule has 0 unspecified atom stereocenters. The number of fused-ring (bicyclic) bond motifs is 1. The van der Waals surface area contributed by atoms with Gasteiger partial charge in [0.25, 0.3) is 5.56 Å². The maximum Gasteiger partial charge on any atom is 0.332 e. The molecule has 0 radical (unpaired) electrons. The van der Waals surface area contributed by atoms with Gasteiger partial charge in [0.15, 0.2) is 0 Å². The van der Waals surface area contributed by atoms with E-state index in [0.717, 1.165) is 16.6 Å². The molecular weight excluding hydrogens is 378 g/mol. The molecule has 3 aromatic rings. The third kappa shape index (κ3) is 3.87. The summed E-state index contributed by atoms with van der Waals surface area (Å²) in [6.07, 6.45) is 0.785. The fraction of sp³-hybridized carbons (Fsp3) is 0.286. The van der Waals surface area contributed by atoms with Crippen LogP contribution in [0, 0.1) is 0 Å².